The Morgan fingerprint density at radius 2 is 1.88 bits per heavy atom. The molecule has 0 amide bonds. The monoisotopic (exact) mass is 429 g/mol. The fourth-order valence-corrected chi connectivity index (χ4v) is 3.87. The zero-order valence-electron chi connectivity index (χ0n) is 18.2. The van der Waals surface area contributed by atoms with E-state index in [9.17, 15) is 9.59 Å². The molecule has 0 radical (unpaired) electrons. The lowest BCUT2D eigenvalue weighted by Crippen LogP contribution is -2.30. The van der Waals surface area contributed by atoms with Crippen LogP contribution in [-0.4, -0.2) is 25.3 Å². The molecule has 7 heteroatoms. The second kappa shape index (κ2) is 9.60. The molecule has 0 bridgehead atoms. The highest BCUT2D eigenvalue weighted by Gasteiger charge is 2.12. The molecule has 3 N–H and O–H groups in total. The number of aryl methyl sites for hydroxylation is 4. The fraction of sp³-hybridized carbons (Fsp3) is 0.280. The van der Waals surface area contributed by atoms with Crippen LogP contribution in [0.1, 0.15) is 35.4 Å². The molecule has 0 aliphatic rings. The molecule has 2 aromatic carbocycles. The Labute approximate surface area is 186 Å². The molecule has 4 aromatic rings. The van der Waals surface area contributed by atoms with Crippen LogP contribution in [0.25, 0.3) is 11.0 Å². The van der Waals surface area contributed by atoms with Crippen LogP contribution in [0.4, 0.5) is 5.95 Å². The van der Waals surface area contributed by atoms with Gasteiger partial charge in [-0.15, -0.1) is 0 Å². The van der Waals surface area contributed by atoms with E-state index in [4.69, 9.17) is 5.73 Å². The molecule has 0 saturated carbocycles. The SMILES string of the molecule is Cc1ncc(CCCc2ccccc2)c(=O)n1CC(=O)CCc1ccc2nc(N)[nH]c2c1. The van der Waals surface area contributed by atoms with Crippen molar-refractivity contribution in [3.63, 3.8) is 0 Å². The van der Waals surface area contributed by atoms with Gasteiger partial charge in [-0.1, -0.05) is 36.4 Å². The molecule has 4 rings (SSSR count). The largest absolute Gasteiger partial charge is 0.369 e. The van der Waals surface area contributed by atoms with Gasteiger partial charge in [-0.3, -0.25) is 14.2 Å². The Morgan fingerprint density at radius 3 is 2.69 bits per heavy atom. The number of nitrogens with zero attached hydrogens (tertiary/aromatic N) is 3. The molecule has 0 fully saturated rings. The number of hydrogen-bond donors (Lipinski definition) is 2. The van der Waals surface area contributed by atoms with E-state index >= 15 is 0 Å². The van der Waals surface area contributed by atoms with Crippen molar-refractivity contribution >= 4 is 22.8 Å². The van der Waals surface area contributed by atoms with Crippen molar-refractivity contribution in [2.24, 2.45) is 0 Å². The van der Waals surface area contributed by atoms with Crippen molar-refractivity contribution in [3.05, 3.63) is 87.6 Å². The Bertz CT molecular complexity index is 1290. The topological polar surface area (TPSA) is 107 Å². The summed E-state index contributed by atoms with van der Waals surface area (Å²) in [4.78, 5) is 37.1. The maximum absolute atomic E-state index is 12.9. The number of hydrogen-bond acceptors (Lipinski definition) is 5. The molecule has 7 nitrogen and oxygen atoms in total. The minimum Gasteiger partial charge on any atom is -0.369 e. The van der Waals surface area contributed by atoms with Crippen molar-refractivity contribution in [2.45, 2.75) is 45.6 Å². The van der Waals surface area contributed by atoms with Gasteiger partial charge < -0.3 is 10.7 Å². The minimum atomic E-state index is -0.117. The molecule has 32 heavy (non-hydrogen) atoms. The zero-order chi connectivity index (χ0) is 22.5. The minimum absolute atomic E-state index is 0.00246. The lowest BCUT2D eigenvalue weighted by atomic mass is 10.1. The van der Waals surface area contributed by atoms with E-state index < -0.39 is 0 Å². The van der Waals surface area contributed by atoms with Gasteiger partial charge in [0.2, 0.25) is 0 Å². The Balaban J connectivity index is 1.37. The number of H-pyrrole nitrogens is 1. The van der Waals surface area contributed by atoms with Gasteiger partial charge in [-0.25, -0.2) is 9.97 Å². The normalized spacial score (nSPS) is 11.2. The first kappa shape index (κ1) is 21.5. The molecule has 2 aromatic heterocycles. The summed E-state index contributed by atoms with van der Waals surface area (Å²) in [6, 6.07) is 16.0. The molecule has 0 aliphatic carbocycles. The summed E-state index contributed by atoms with van der Waals surface area (Å²) in [5, 5.41) is 0. The second-order valence-corrected chi connectivity index (χ2v) is 8.07. The average molecular weight is 430 g/mol. The molecule has 0 saturated heterocycles. The van der Waals surface area contributed by atoms with E-state index in [0.717, 1.165) is 29.4 Å². The molecule has 0 aliphatic heterocycles. The van der Waals surface area contributed by atoms with Crippen LogP contribution in [0.3, 0.4) is 0 Å². The maximum atomic E-state index is 12.9. The Kier molecular flexibility index (Phi) is 6.44. The van der Waals surface area contributed by atoms with Gasteiger partial charge >= 0.3 is 0 Å². The summed E-state index contributed by atoms with van der Waals surface area (Å²) in [5.41, 5.74) is 10.2. The number of nitrogen functional groups attached to an aromatic ring is 1. The molecular weight excluding hydrogens is 402 g/mol. The summed E-state index contributed by atoms with van der Waals surface area (Å²) in [7, 11) is 0. The van der Waals surface area contributed by atoms with E-state index in [0.29, 0.717) is 36.6 Å². The van der Waals surface area contributed by atoms with Gasteiger partial charge in [-0.05, 0) is 55.9 Å². The highest BCUT2D eigenvalue weighted by molar-refractivity contribution is 5.80. The average Bonchev–Trinajstić information content (AvgIpc) is 3.16. The summed E-state index contributed by atoms with van der Waals surface area (Å²) in [6.45, 7) is 1.81. The van der Waals surface area contributed by atoms with Gasteiger partial charge in [0.15, 0.2) is 11.7 Å². The molecule has 0 unspecified atom stereocenters. The van der Waals surface area contributed by atoms with E-state index in [1.165, 1.54) is 10.1 Å². The number of nitrogens with one attached hydrogen (secondary N) is 1. The summed E-state index contributed by atoms with van der Waals surface area (Å²) >= 11 is 0. The van der Waals surface area contributed by atoms with Gasteiger partial charge in [0, 0.05) is 18.2 Å². The summed E-state index contributed by atoms with van der Waals surface area (Å²) in [5.74, 6) is 0.936. The van der Waals surface area contributed by atoms with Crippen molar-refractivity contribution < 1.29 is 4.79 Å². The smallest absolute Gasteiger partial charge is 0.257 e. The van der Waals surface area contributed by atoms with Crippen LogP contribution in [0, 0.1) is 6.92 Å². The quantitative estimate of drug-likeness (QED) is 0.424. The first-order valence-corrected chi connectivity index (χ1v) is 10.8. The van der Waals surface area contributed by atoms with Gasteiger partial charge in [0.25, 0.3) is 5.56 Å². The van der Waals surface area contributed by atoms with Crippen molar-refractivity contribution in [3.8, 4) is 0 Å². The number of aromatic amines is 1. The highest BCUT2D eigenvalue weighted by Crippen LogP contribution is 2.16. The van der Waals surface area contributed by atoms with Crippen LogP contribution < -0.4 is 11.3 Å². The number of fused-ring (bicyclic) bond motifs is 1. The number of Topliss-reactive ketones (excluding diaryl/α,β-unsaturated/α-hetero) is 1. The lowest BCUT2D eigenvalue weighted by molar-refractivity contribution is -0.119. The number of carbonyl (C=O) groups is 1. The van der Waals surface area contributed by atoms with Crippen LogP contribution in [0.5, 0.6) is 0 Å². The number of rotatable bonds is 9. The third-order valence-electron chi connectivity index (χ3n) is 5.66. The predicted octanol–water partition coefficient (Wildman–Crippen LogP) is 3.39. The first-order valence-electron chi connectivity index (χ1n) is 10.8. The summed E-state index contributed by atoms with van der Waals surface area (Å²) < 4.78 is 1.50. The first-order chi connectivity index (χ1) is 15.5. The number of benzene rings is 2. The van der Waals surface area contributed by atoms with Crippen LogP contribution in [0.2, 0.25) is 0 Å². The number of ketones is 1. The highest BCUT2D eigenvalue weighted by atomic mass is 16.1. The summed E-state index contributed by atoms with van der Waals surface area (Å²) in [6.07, 6.45) is 4.99. The van der Waals surface area contributed by atoms with Crippen LogP contribution in [-0.2, 0) is 30.6 Å². The van der Waals surface area contributed by atoms with Gasteiger partial charge in [0.1, 0.15) is 5.82 Å². The number of aromatic nitrogens is 4. The zero-order valence-corrected chi connectivity index (χ0v) is 18.2. The third kappa shape index (κ3) is 5.11. The number of imidazole rings is 1. The van der Waals surface area contributed by atoms with Gasteiger partial charge in [0.05, 0.1) is 17.6 Å². The maximum Gasteiger partial charge on any atom is 0.257 e. The second-order valence-electron chi connectivity index (χ2n) is 8.07. The van der Waals surface area contributed by atoms with Gasteiger partial charge in [-0.2, -0.15) is 0 Å². The third-order valence-corrected chi connectivity index (χ3v) is 5.66. The molecule has 2 heterocycles. The van der Waals surface area contributed by atoms with Crippen LogP contribution >= 0.6 is 0 Å². The Hall–Kier alpha value is -3.74. The molecular formula is C25H27N5O2. The van der Waals surface area contributed by atoms with Crippen molar-refractivity contribution in [2.75, 3.05) is 5.73 Å². The molecule has 164 valence electrons. The lowest BCUT2D eigenvalue weighted by Gasteiger charge is -2.11. The van der Waals surface area contributed by atoms with Crippen molar-refractivity contribution in [1.29, 1.82) is 0 Å². The van der Waals surface area contributed by atoms with E-state index in [1.807, 2.05) is 36.4 Å². The number of anilines is 1. The molecule has 0 spiro atoms. The number of nitrogens with two attached hydrogens (primary N) is 1. The van der Waals surface area contributed by atoms with Crippen molar-refractivity contribution in [1.82, 2.24) is 19.5 Å². The van der Waals surface area contributed by atoms with E-state index in [2.05, 4.69) is 27.1 Å². The standard InChI is InChI=1S/C25H27N5O2/c1-17-27-15-20(9-5-8-18-6-3-2-4-7-18)24(32)30(17)16-21(31)12-10-19-11-13-22-23(14-19)29-25(26)28-22/h2-4,6-7,11,13-15H,5,8-10,12,16H2,1H3,(H3,26,28,29). The van der Waals surface area contributed by atoms with E-state index in [-0.39, 0.29) is 17.9 Å². The van der Waals surface area contributed by atoms with E-state index in [1.54, 1.807) is 13.1 Å². The van der Waals surface area contributed by atoms with Crippen LogP contribution in [0.15, 0.2) is 59.5 Å². The predicted molar refractivity (Wildman–Crippen MR) is 126 cm³/mol. The molecule has 0 atom stereocenters. The number of carbonyl (C=O) groups excluding carboxylic acids is 1. The Morgan fingerprint density at radius 1 is 1.06 bits per heavy atom. The fourth-order valence-electron chi connectivity index (χ4n) is 3.87.